The number of ether oxygens (including phenoxy) is 2. The number of nitrogens with zero attached hydrogens (tertiary/aromatic N) is 1. The smallest absolute Gasteiger partial charge is 0.259 e. The van der Waals surface area contributed by atoms with Gasteiger partial charge in [-0.2, -0.15) is 0 Å². The van der Waals surface area contributed by atoms with E-state index in [1.54, 1.807) is 52.4 Å². The summed E-state index contributed by atoms with van der Waals surface area (Å²) in [5, 5.41) is 3.79. The highest BCUT2D eigenvalue weighted by molar-refractivity contribution is 6.07. The van der Waals surface area contributed by atoms with Crippen LogP contribution in [0.1, 0.15) is 41.1 Å². The number of fused-ring (bicyclic) bond motifs is 1. The molecule has 0 fully saturated rings. The molecule has 1 unspecified atom stereocenters. The highest BCUT2D eigenvalue weighted by Gasteiger charge is 2.23. The number of benzene rings is 2. The second-order valence-electron chi connectivity index (χ2n) is 7.44. The molecule has 0 aliphatic carbocycles. The summed E-state index contributed by atoms with van der Waals surface area (Å²) in [6.07, 6.45) is 0.645. The third kappa shape index (κ3) is 4.82. The predicted molar refractivity (Wildman–Crippen MR) is 119 cm³/mol. The zero-order valence-electron chi connectivity index (χ0n) is 18.5. The Morgan fingerprint density at radius 1 is 1.16 bits per heavy atom. The van der Waals surface area contributed by atoms with E-state index in [1.165, 1.54) is 4.90 Å². The summed E-state index contributed by atoms with van der Waals surface area (Å²) in [5.74, 6) is 1.38. The molecular weight excluding hydrogens is 396 g/mol. The highest BCUT2D eigenvalue weighted by atomic mass is 16.5. The third-order valence-electron chi connectivity index (χ3n) is 5.16. The average molecular weight is 424 g/mol. The van der Waals surface area contributed by atoms with Gasteiger partial charge in [0.2, 0.25) is 0 Å². The van der Waals surface area contributed by atoms with E-state index in [0.29, 0.717) is 40.2 Å². The van der Waals surface area contributed by atoms with E-state index in [9.17, 15) is 9.59 Å². The second kappa shape index (κ2) is 9.55. The molecule has 0 bridgehead atoms. The van der Waals surface area contributed by atoms with Crippen LogP contribution in [0.3, 0.4) is 0 Å². The number of hydrogen-bond donors (Lipinski definition) is 1. The topological polar surface area (TPSA) is 81.0 Å². The number of likely N-dealkylation sites (N-methyl/N-ethyl adjacent to an activating group) is 1. The maximum atomic E-state index is 13.2. The normalized spacial score (nSPS) is 11.8. The van der Waals surface area contributed by atoms with Crippen LogP contribution < -0.4 is 14.8 Å². The Kier molecular flexibility index (Phi) is 6.84. The van der Waals surface area contributed by atoms with E-state index in [2.05, 4.69) is 5.32 Å². The van der Waals surface area contributed by atoms with Crippen molar-refractivity contribution in [2.45, 2.75) is 26.3 Å². The van der Waals surface area contributed by atoms with E-state index >= 15 is 0 Å². The Morgan fingerprint density at radius 3 is 2.58 bits per heavy atom. The van der Waals surface area contributed by atoms with E-state index < -0.39 is 0 Å². The fourth-order valence-corrected chi connectivity index (χ4v) is 3.41. The monoisotopic (exact) mass is 424 g/mol. The lowest BCUT2D eigenvalue weighted by Gasteiger charge is -2.21. The first-order chi connectivity index (χ1) is 14.8. The van der Waals surface area contributed by atoms with Crippen LogP contribution in [0.4, 0.5) is 0 Å². The number of para-hydroxylation sites is 1. The fraction of sp³-hybridized carbons (Fsp3) is 0.333. The number of methoxy groups -OCH3 is 1. The molecule has 3 rings (SSSR count). The van der Waals surface area contributed by atoms with Crippen molar-refractivity contribution in [2.75, 3.05) is 27.8 Å². The lowest BCUT2D eigenvalue weighted by molar-refractivity contribution is -0.130. The number of carbonyl (C=O) groups is 2. The van der Waals surface area contributed by atoms with Gasteiger partial charge in [-0.25, -0.2) is 0 Å². The third-order valence-corrected chi connectivity index (χ3v) is 5.16. The predicted octanol–water partition coefficient (Wildman–Crippen LogP) is 4.10. The molecule has 2 amide bonds. The van der Waals surface area contributed by atoms with E-state index in [-0.39, 0.29) is 24.5 Å². The Hall–Kier alpha value is -3.48. The van der Waals surface area contributed by atoms with E-state index in [0.717, 1.165) is 5.56 Å². The van der Waals surface area contributed by atoms with Crippen LogP contribution in [0.5, 0.6) is 11.5 Å². The largest absolute Gasteiger partial charge is 0.497 e. The molecule has 3 aromatic rings. The average Bonchev–Trinajstić information content (AvgIpc) is 3.10. The van der Waals surface area contributed by atoms with Gasteiger partial charge in [-0.15, -0.1) is 0 Å². The molecule has 0 spiro atoms. The molecule has 0 aliphatic heterocycles. The number of carbonyl (C=O) groups excluding carboxylic acids is 2. The molecular formula is C24H28N2O5. The van der Waals surface area contributed by atoms with Crippen molar-refractivity contribution in [1.29, 1.82) is 0 Å². The molecule has 0 saturated carbocycles. The molecule has 1 N–H and O–H groups in total. The Bertz CT molecular complexity index is 1090. The quantitative estimate of drug-likeness (QED) is 0.589. The van der Waals surface area contributed by atoms with Gasteiger partial charge < -0.3 is 24.1 Å². The lowest BCUT2D eigenvalue weighted by atomic mass is 10.0. The van der Waals surface area contributed by atoms with Crippen LogP contribution in [0.25, 0.3) is 11.0 Å². The van der Waals surface area contributed by atoms with Gasteiger partial charge in [0.25, 0.3) is 11.8 Å². The van der Waals surface area contributed by atoms with Gasteiger partial charge in [-0.1, -0.05) is 25.1 Å². The first-order valence-electron chi connectivity index (χ1n) is 10.2. The number of hydrogen-bond acceptors (Lipinski definition) is 5. The zero-order valence-corrected chi connectivity index (χ0v) is 18.5. The number of aryl methyl sites for hydroxylation is 1. The first-order valence-corrected chi connectivity index (χ1v) is 10.2. The Morgan fingerprint density at radius 2 is 1.90 bits per heavy atom. The highest BCUT2D eigenvalue weighted by Crippen LogP contribution is 2.31. The van der Waals surface area contributed by atoms with Gasteiger partial charge in [0.05, 0.1) is 18.7 Å². The molecule has 7 heteroatoms. The molecule has 0 saturated heterocycles. The second-order valence-corrected chi connectivity index (χ2v) is 7.44. The van der Waals surface area contributed by atoms with Gasteiger partial charge in [-0.3, -0.25) is 9.59 Å². The van der Waals surface area contributed by atoms with Crippen molar-refractivity contribution in [3.05, 3.63) is 59.4 Å². The van der Waals surface area contributed by atoms with Crippen molar-refractivity contribution in [2.24, 2.45) is 0 Å². The van der Waals surface area contributed by atoms with Crippen LogP contribution in [0.15, 0.2) is 46.9 Å². The van der Waals surface area contributed by atoms with Gasteiger partial charge in [-0.05, 0) is 37.6 Å². The van der Waals surface area contributed by atoms with Crippen LogP contribution >= 0.6 is 0 Å². The van der Waals surface area contributed by atoms with Crippen molar-refractivity contribution in [3.63, 3.8) is 0 Å². The molecule has 164 valence electrons. The van der Waals surface area contributed by atoms with Crippen LogP contribution in [-0.2, 0) is 4.79 Å². The van der Waals surface area contributed by atoms with Crippen LogP contribution in [0.2, 0.25) is 0 Å². The van der Waals surface area contributed by atoms with Crippen molar-refractivity contribution in [3.8, 4) is 11.5 Å². The summed E-state index contributed by atoms with van der Waals surface area (Å²) in [7, 11) is 4.94. The number of rotatable bonds is 8. The summed E-state index contributed by atoms with van der Waals surface area (Å²) in [6.45, 7) is 3.68. The minimum Gasteiger partial charge on any atom is -0.497 e. The van der Waals surface area contributed by atoms with Gasteiger partial charge >= 0.3 is 0 Å². The summed E-state index contributed by atoms with van der Waals surface area (Å²) in [6, 6.07) is 12.5. The molecule has 2 aromatic carbocycles. The standard InChI is InChI=1S/C24H28N2O5/c1-6-19(17-9-7-8-10-20(17)30-14-22(27)26(3)4)25-24(28)23-15(2)31-21-12-11-16(29-5)13-18(21)23/h7-13,19H,6,14H2,1-5H3,(H,25,28). The Balaban J connectivity index is 1.87. The van der Waals surface area contributed by atoms with Crippen molar-refractivity contribution in [1.82, 2.24) is 10.2 Å². The van der Waals surface area contributed by atoms with Crippen molar-refractivity contribution < 1.29 is 23.5 Å². The first kappa shape index (κ1) is 22.2. The molecule has 0 radical (unpaired) electrons. The maximum Gasteiger partial charge on any atom is 0.259 e. The zero-order chi connectivity index (χ0) is 22.5. The van der Waals surface area contributed by atoms with Gasteiger partial charge in [0.15, 0.2) is 6.61 Å². The Labute approximate surface area is 181 Å². The molecule has 31 heavy (non-hydrogen) atoms. The maximum absolute atomic E-state index is 13.2. The molecule has 1 heterocycles. The van der Waals surface area contributed by atoms with Crippen molar-refractivity contribution >= 4 is 22.8 Å². The summed E-state index contributed by atoms with van der Waals surface area (Å²) < 4.78 is 16.8. The summed E-state index contributed by atoms with van der Waals surface area (Å²) >= 11 is 0. The van der Waals surface area contributed by atoms with Crippen LogP contribution in [-0.4, -0.2) is 44.5 Å². The van der Waals surface area contributed by atoms with Gasteiger partial charge in [0, 0.05) is 25.0 Å². The number of nitrogens with one attached hydrogen (secondary N) is 1. The molecule has 1 aromatic heterocycles. The molecule has 7 nitrogen and oxygen atoms in total. The molecule has 0 aliphatic rings. The van der Waals surface area contributed by atoms with Gasteiger partial charge in [0.1, 0.15) is 22.8 Å². The molecule has 1 atom stereocenters. The van der Waals surface area contributed by atoms with Crippen LogP contribution in [0, 0.1) is 6.92 Å². The van der Waals surface area contributed by atoms with E-state index in [4.69, 9.17) is 13.9 Å². The lowest BCUT2D eigenvalue weighted by Crippen LogP contribution is -2.30. The summed E-state index contributed by atoms with van der Waals surface area (Å²) in [5.41, 5.74) is 1.92. The minimum atomic E-state index is -0.298. The van der Waals surface area contributed by atoms with E-state index in [1.807, 2.05) is 25.1 Å². The number of furan rings is 1. The number of amides is 2. The minimum absolute atomic E-state index is 0.0698. The fourth-order valence-electron chi connectivity index (χ4n) is 3.41. The SMILES string of the molecule is CCC(NC(=O)c1c(C)oc2ccc(OC)cc12)c1ccccc1OCC(=O)N(C)C. The summed E-state index contributed by atoms with van der Waals surface area (Å²) in [4.78, 5) is 26.6.